The van der Waals surface area contributed by atoms with Crippen molar-refractivity contribution >= 4 is 23.2 Å². The van der Waals surface area contributed by atoms with E-state index in [0.717, 1.165) is 10.5 Å². The molecule has 1 fully saturated rings. The minimum Gasteiger partial charge on any atom is -0.352 e. The van der Waals surface area contributed by atoms with Gasteiger partial charge in [-0.1, -0.05) is 25.1 Å². The molecule has 0 spiro atoms. The Hall–Kier alpha value is -3.01. The van der Waals surface area contributed by atoms with Gasteiger partial charge in [0.2, 0.25) is 5.95 Å². The Kier molecular flexibility index (Phi) is 6.38. The van der Waals surface area contributed by atoms with Crippen molar-refractivity contribution < 1.29 is 18.0 Å². The van der Waals surface area contributed by atoms with Crippen molar-refractivity contribution in [3.63, 3.8) is 0 Å². The first-order chi connectivity index (χ1) is 15.6. The van der Waals surface area contributed by atoms with E-state index in [1.807, 2.05) is 6.92 Å². The van der Waals surface area contributed by atoms with E-state index in [0.29, 0.717) is 15.8 Å². The molecule has 0 unspecified atom stereocenters. The molecule has 0 saturated carbocycles. The van der Waals surface area contributed by atoms with Crippen LogP contribution in [0, 0.1) is 25.6 Å². The van der Waals surface area contributed by atoms with Gasteiger partial charge in [0.25, 0.3) is 11.8 Å². The molecule has 2 aromatic heterocycles. The van der Waals surface area contributed by atoms with Crippen LogP contribution in [0.5, 0.6) is 0 Å². The van der Waals surface area contributed by atoms with Crippen LogP contribution < -0.4 is 5.32 Å². The van der Waals surface area contributed by atoms with Crippen molar-refractivity contribution in [2.24, 2.45) is 5.92 Å². The summed E-state index contributed by atoms with van der Waals surface area (Å²) >= 11 is 1.17. The van der Waals surface area contributed by atoms with Gasteiger partial charge in [-0.3, -0.25) is 4.79 Å². The van der Waals surface area contributed by atoms with Crippen molar-refractivity contribution in [2.45, 2.75) is 39.2 Å². The van der Waals surface area contributed by atoms with Crippen LogP contribution in [0.2, 0.25) is 0 Å². The fourth-order valence-corrected chi connectivity index (χ4v) is 5.03. The van der Waals surface area contributed by atoms with Crippen molar-refractivity contribution in [2.75, 3.05) is 18.4 Å². The zero-order valence-electron chi connectivity index (χ0n) is 18.5. The molecule has 10 heteroatoms. The van der Waals surface area contributed by atoms with Crippen LogP contribution in [-0.2, 0) is 0 Å². The Morgan fingerprint density at radius 3 is 2.64 bits per heavy atom. The monoisotopic (exact) mass is 475 g/mol. The number of thiazole rings is 1. The fraction of sp³-hybridized carbons (Fsp3) is 0.391. The first-order valence-electron chi connectivity index (χ1n) is 10.6. The number of rotatable bonds is 5. The lowest BCUT2D eigenvalue weighted by Gasteiger charge is -2.43. The highest BCUT2D eigenvalue weighted by atomic mass is 32.1. The zero-order chi connectivity index (χ0) is 23.8. The number of nitrogens with one attached hydrogen (secondary N) is 1. The van der Waals surface area contributed by atoms with E-state index >= 15 is 0 Å². The number of likely N-dealkylation sites (tertiary alicyclic amines) is 1. The number of carbonyl (C=O) groups excluding carboxylic acids is 1. The second-order valence-electron chi connectivity index (χ2n) is 8.39. The largest absolute Gasteiger partial charge is 0.352 e. The minimum atomic E-state index is -3.03. The number of alkyl halides is 2. The normalized spacial score (nSPS) is 20.0. The molecule has 1 aliphatic heterocycles. The third-order valence-electron chi connectivity index (χ3n) is 5.65. The summed E-state index contributed by atoms with van der Waals surface area (Å²) in [6.07, 6.45) is 2.96. The standard InChI is InChI=1S/C23H24F3N5OS/c1-13-9-27-22(28-10-13)29-11-18-14(2)8-23(25,26)12-31(18)21(32)19-20(33-15(3)30-19)16-6-4-5-7-17(16)24/h4-7,9-10,14,18H,8,11-12H2,1-3H3,(H,27,28,29)/t14-,18-/m1/s1. The second-order valence-corrected chi connectivity index (χ2v) is 9.60. The summed E-state index contributed by atoms with van der Waals surface area (Å²) in [4.78, 5) is 27.8. The van der Waals surface area contributed by atoms with E-state index in [1.165, 1.54) is 17.4 Å². The molecule has 4 rings (SSSR count). The number of aryl methyl sites for hydroxylation is 2. The Bertz CT molecular complexity index is 1150. The van der Waals surface area contributed by atoms with Crippen LogP contribution in [0.1, 0.15) is 34.4 Å². The molecule has 0 aliphatic carbocycles. The third kappa shape index (κ3) is 5.00. The summed E-state index contributed by atoms with van der Waals surface area (Å²) in [7, 11) is 0. The van der Waals surface area contributed by atoms with E-state index in [-0.39, 0.29) is 24.2 Å². The van der Waals surface area contributed by atoms with Crippen molar-refractivity contribution in [3.05, 3.63) is 58.7 Å². The molecular weight excluding hydrogens is 451 g/mol. The molecule has 6 nitrogen and oxygen atoms in total. The molecular formula is C23H24F3N5OS. The molecule has 0 radical (unpaired) electrons. The van der Waals surface area contributed by atoms with Gasteiger partial charge >= 0.3 is 0 Å². The summed E-state index contributed by atoms with van der Waals surface area (Å²) in [6, 6.07) is 5.52. The summed E-state index contributed by atoms with van der Waals surface area (Å²) in [5, 5.41) is 3.61. The van der Waals surface area contributed by atoms with Crippen LogP contribution in [-0.4, -0.2) is 50.8 Å². The highest BCUT2D eigenvalue weighted by molar-refractivity contribution is 7.15. The average Bonchev–Trinajstić information content (AvgIpc) is 3.14. The Balaban J connectivity index is 1.66. The van der Waals surface area contributed by atoms with E-state index in [4.69, 9.17) is 0 Å². The third-order valence-corrected chi connectivity index (χ3v) is 6.65. The average molecular weight is 476 g/mol. The van der Waals surface area contributed by atoms with Gasteiger partial charge in [-0.05, 0) is 31.4 Å². The van der Waals surface area contributed by atoms with Gasteiger partial charge in [0.1, 0.15) is 11.5 Å². The molecule has 0 bridgehead atoms. The van der Waals surface area contributed by atoms with Gasteiger partial charge in [0.15, 0.2) is 0 Å². The number of benzene rings is 1. The SMILES string of the molecule is Cc1cnc(NC[C@@H]2[C@H](C)CC(F)(F)CN2C(=O)c2nc(C)sc2-c2ccccc2F)nc1. The summed E-state index contributed by atoms with van der Waals surface area (Å²) in [5.41, 5.74) is 1.11. The van der Waals surface area contributed by atoms with Crippen molar-refractivity contribution in [1.82, 2.24) is 19.9 Å². The van der Waals surface area contributed by atoms with Crippen LogP contribution in [0.15, 0.2) is 36.7 Å². The van der Waals surface area contributed by atoms with E-state index < -0.39 is 36.2 Å². The molecule has 3 aromatic rings. The molecule has 1 saturated heterocycles. The van der Waals surface area contributed by atoms with Gasteiger partial charge in [0.05, 0.1) is 22.5 Å². The summed E-state index contributed by atoms with van der Waals surface area (Å²) in [5.74, 6) is -4.31. The second kappa shape index (κ2) is 9.09. The van der Waals surface area contributed by atoms with Gasteiger partial charge in [0, 0.05) is 30.9 Å². The number of carbonyl (C=O) groups is 1. The maximum Gasteiger partial charge on any atom is 0.274 e. The Morgan fingerprint density at radius 1 is 1.24 bits per heavy atom. The minimum absolute atomic E-state index is 0.0101. The number of nitrogens with zero attached hydrogens (tertiary/aromatic N) is 4. The Morgan fingerprint density at radius 2 is 1.94 bits per heavy atom. The number of hydrogen-bond acceptors (Lipinski definition) is 6. The topological polar surface area (TPSA) is 71.0 Å². The fourth-order valence-electron chi connectivity index (χ4n) is 4.09. The molecule has 1 amide bonds. The van der Waals surface area contributed by atoms with Crippen molar-refractivity contribution in [1.29, 1.82) is 0 Å². The summed E-state index contributed by atoms with van der Waals surface area (Å²) < 4.78 is 43.6. The molecule has 2 atom stereocenters. The molecule has 3 heterocycles. The van der Waals surface area contributed by atoms with E-state index in [9.17, 15) is 18.0 Å². The quantitative estimate of drug-likeness (QED) is 0.565. The molecule has 33 heavy (non-hydrogen) atoms. The van der Waals surface area contributed by atoms with Crippen molar-refractivity contribution in [3.8, 4) is 10.4 Å². The molecule has 174 valence electrons. The van der Waals surface area contributed by atoms with Crippen LogP contribution in [0.3, 0.4) is 0 Å². The number of hydrogen-bond donors (Lipinski definition) is 1. The number of piperidine rings is 1. The maximum absolute atomic E-state index is 14.5. The van der Waals surface area contributed by atoms with E-state index in [2.05, 4.69) is 20.3 Å². The van der Waals surface area contributed by atoms with Gasteiger partial charge in [-0.2, -0.15) is 0 Å². The van der Waals surface area contributed by atoms with Crippen LogP contribution in [0.25, 0.3) is 10.4 Å². The van der Waals surface area contributed by atoms with Gasteiger partial charge in [-0.15, -0.1) is 11.3 Å². The molecule has 1 aliphatic rings. The highest BCUT2D eigenvalue weighted by Crippen LogP contribution is 2.38. The van der Waals surface area contributed by atoms with E-state index in [1.54, 1.807) is 44.4 Å². The number of halogens is 3. The predicted molar refractivity (Wildman–Crippen MR) is 121 cm³/mol. The highest BCUT2D eigenvalue weighted by Gasteiger charge is 2.46. The Labute approximate surface area is 193 Å². The lowest BCUT2D eigenvalue weighted by molar-refractivity contribution is -0.0898. The predicted octanol–water partition coefficient (Wildman–Crippen LogP) is 4.95. The number of aromatic nitrogens is 3. The van der Waals surface area contributed by atoms with Gasteiger partial charge < -0.3 is 10.2 Å². The first-order valence-corrected chi connectivity index (χ1v) is 11.4. The first kappa shape index (κ1) is 23.2. The van der Waals surface area contributed by atoms with Gasteiger partial charge in [-0.25, -0.2) is 28.1 Å². The van der Waals surface area contributed by atoms with Crippen LogP contribution in [0.4, 0.5) is 19.1 Å². The number of amides is 1. The molecule has 1 aromatic carbocycles. The summed E-state index contributed by atoms with van der Waals surface area (Å²) in [6.45, 7) is 4.72. The van der Waals surface area contributed by atoms with Crippen LogP contribution >= 0.6 is 11.3 Å². The lowest BCUT2D eigenvalue weighted by atomic mass is 9.88. The zero-order valence-corrected chi connectivity index (χ0v) is 19.3. The smallest absolute Gasteiger partial charge is 0.274 e. The number of anilines is 1. The maximum atomic E-state index is 14.5. The molecule has 1 N–H and O–H groups in total. The lowest BCUT2D eigenvalue weighted by Crippen LogP contribution is -2.57.